The summed E-state index contributed by atoms with van der Waals surface area (Å²) in [6, 6.07) is 25.7. The Labute approximate surface area is 199 Å². The number of benzene rings is 2. The van der Waals surface area contributed by atoms with Crippen LogP contribution >= 0.6 is 0 Å². The second-order valence-corrected chi connectivity index (χ2v) is 7.29. The van der Waals surface area contributed by atoms with Crippen LogP contribution in [0.3, 0.4) is 0 Å². The van der Waals surface area contributed by atoms with Crippen LogP contribution in [0.5, 0.6) is 0 Å². The zero-order valence-electron chi connectivity index (χ0n) is 19.6. The van der Waals surface area contributed by atoms with Gasteiger partial charge in [0.2, 0.25) is 0 Å². The molecule has 0 spiro atoms. The molecule has 2 aromatic carbocycles. The number of rotatable bonds is 5. The fourth-order valence-electron chi connectivity index (χ4n) is 3.67. The molecule has 0 bridgehead atoms. The first-order valence-corrected chi connectivity index (χ1v) is 11.1. The number of nitrogens with zero attached hydrogens (tertiary/aromatic N) is 4. The van der Waals surface area contributed by atoms with E-state index in [4.69, 9.17) is 20.4 Å². The standard InChI is InChI=1S/C26H21N5O.C2H6/c1-17(32-2)18-10-12-20(13-11-18)31-25(21-9-6-16-28-24(21)27)30-23-15-14-22(29-26(23)31)19-7-4-3-5-8-19;1-2/h3-16H,1H2,2H3,(H2,27,28);1-2H3. The number of anilines is 1. The summed E-state index contributed by atoms with van der Waals surface area (Å²) in [5, 5.41) is 0. The molecule has 6 heteroatoms. The van der Waals surface area contributed by atoms with Gasteiger partial charge in [0.15, 0.2) is 11.5 Å². The van der Waals surface area contributed by atoms with Gasteiger partial charge in [-0.05, 0) is 48.5 Å². The Bertz CT molecular complexity index is 1420. The highest BCUT2D eigenvalue weighted by Gasteiger charge is 2.18. The van der Waals surface area contributed by atoms with Crippen LogP contribution in [0.2, 0.25) is 0 Å². The molecule has 34 heavy (non-hydrogen) atoms. The minimum atomic E-state index is 0.414. The van der Waals surface area contributed by atoms with E-state index in [1.54, 1.807) is 13.3 Å². The van der Waals surface area contributed by atoms with Gasteiger partial charge in [-0.15, -0.1) is 0 Å². The average molecular weight is 450 g/mol. The van der Waals surface area contributed by atoms with Crippen LogP contribution in [0.25, 0.3) is 45.3 Å². The van der Waals surface area contributed by atoms with Crippen LogP contribution in [-0.4, -0.2) is 26.6 Å². The lowest BCUT2D eigenvalue weighted by molar-refractivity contribution is 0.371. The first kappa shape index (κ1) is 22.7. The van der Waals surface area contributed by atoms with E-state index in [2.05, 4.69) is 11.6 Å². The second-order valence-electron chi connectivity index (χ2n) is 7.29. The molecule has 3 aromatic heterocycles. The lowest BCUT2D eigenvalue weighted by Crippen LogP contribution is -2.02. The maximum atomic E-state index is 6.21. The van der Waals surface area contributed by atoms with Crippen molar-refractivity contribution < 1.29 is 4.74 Å². The molecule has 6 nitrogen and oxygen atoms in total. The van der Waals surface area contributed by atoms with Crippen molar-refractivity contribution in [2.45, 2.75) is 13.8 Å². The molecule has 0 amide bonds. The van der Waals surface area contributed by atoms with Gasteiger partial charge in [0.25, 0.3) is 0 Å². The second kappa shape index (κ2) is 10.0. The predicted octanol–water partition coefficient (Wildman–Crippen LogP) is 6.38. The zero-order chi connectivity index (χ0) is 24.1. The molecule has 0 aliphatic heterocycles. The van der Waals surface area contributed by atoms with Gasteiger partial charge >= 0.3 is 0 Å². The Hall–Kier alpha value is -4.45. The van der Waals surface area contributed by atoms with E-state index >= 15 is 0 Å². The monoisotopic (exact) mass is 449 g/mol. The fourth-order valence-corrected chi connectivity index (χ4v) is 3.67. The highest BCUT2D eigenvalue weighted by molar-refractivity contribution is 5.84. The van der Waals surface area contributed by atoms with Gasteiger partial charge in [0.05, 0.1) is 18.4 Å². The Kier molecular flexibility index (Phi) is 6.69. The van der Waals surface area contributed by atoms with Gasteiger partial charge in [-0.25, -0.2) is 15.0 Å². The maximum absolute atomic E-state index is 6.21. The lowest BCUT2D eigenvalue weighted by Gasteiger charge is -2.12. The third-order valence-corrected chi connectivity index (χ3v) is 5.35. The first-order valence-electron chi connectivity index (χ1n) is 11.1. The molecule has 0 unspecified atom stereocenters. The SMILES string of the molecule is C=C(OC)c1ccc(-n2c(-c3cccnc3N)nc3ccc(-c4ccccc4)nc32)cc1.CC. The van der Waals surface area contributed by atoms with Crippen LogP contribution < -0.4 is 5.73 Å². The maximum Gasteiger partial charge on any atom is 0.165 e. The summed E-state index contributed by atoms with van der Waals surface area (Å²) < 4.78 is 7.27. The molecule has 3 heterocycles. The minimum absolute atomic E-state index is 0.414. The van der Waals surface area contributed by atoms with Crippen molar-refractivity contribution in [1.29, 1.82) is 0 Å². The van der Waals surface area contributed by atoms with Crippen molar-refractivity contribution in [3.8, 4) is 28.3 Å². The summed E-state index contributed by atoms with van der Waals surface area (Å²) in [5.74, 6) is 1.70. The average Bonchev–Trinajstić information content (AvgIpc) is 3.28. The minimum Gasteiger partial charge on any atom is -0.497 e. The molecule has 2 N–H and O–H groups in total. The van der Waals surface area contributed by atoms with Gasteiger partial charge in [0, 0.05) is 23.0 Å². The quantitative estimate of drug-likeness (QED) is 0.315. The van der Waals surface area contributed by atoms with Gasteiger partial charge in [-0.3, -0.25) is 4.57 Å². The van der Waals surface area contributed by atoms with Crippen LogP contribution in [0.1, 0.15) is 19.4 Å². The van der Waals surface area contributed by atoms with Crippen molar-refractivity contribution in [1.82, 2.24) is 19.5 Å². The van der Waals surface area contributed by atoms with E-state index in [-0.39, 0.29) is 0 Å². The molecule has 0 atom stereocenters. The third kappa shape index (κ3) is 4.26. The molecule has 0 radical (unpaired) electrons. The van der Waals surface area contributed by atoms with Gasteiger partial charge in [-0.2, -0.15) is 0 Å². The highest BCUT2D eigenvalue weighted by atomic mass is 16.5. The normalized spacial score (nSPS) is 10.4. The third-order valence-electron chi connectivity index (χ3n) is 5.35. The Morgan fingerprint density at radius 2 is 1.62 bits per heavy atom. The predicted molar refractivity (Wildman–Crippen MR) is 139 cm³/mol. The number of ether oxygens (including phenoxy) is 1. The van der Waals surface area contributed by atoms with Crippen molar-refractivity contribution in [2.24, 2.45) is 0 Å². The molecule has 5 rings (SSSR count). The Balaban J connectivity index is 0.00000133. The number of nitrogen functional groups attached to an aromatic ring is 1. The van der Waals surface area contributed by atoms with Crippen molar-refractivity contribution in [3.05, 3.63) is 97.2 Å². The number of nitrogens with two attached hydrogens (primary N) is 1. The van der Waals surface area contributed by atoms with Crippen molar-refractivity contribution in [2.75, 3.05) is 12.8 Å². The number of imidazole rings is 1. The molecule has 5 aromatic rings. The Morgan fingerprint density at radius 3 is 2.29 bits per heavy atom. The van der Waals surface area contributed by atoms with Crippen molar-refractivity contribution >= 4 is 22.7 Å². The van der Waals surface area contributed by atoms with E-state index in [1.165, 1.54) is 0 Å². The summed E-state index contributed by atoms with van der Waals surface area (Å²) >= 11 is 0. The number of aromatic nitrogens is 4. The molecule has 0 aliphatic carbocycles. The summed E-state index contributed by atoms with van der Waals surface area (Å²) in [4.78, 5) is 14.1. The lowest BCUT2D eigenvalue weighted by atomic mass is 10.1. The van der Waals surface area contributed by atoms with Gasteiger partial charge in [-0.1, -0.05) is 50.8 Å². The first-order chi connectivity index (χ1) is 16.7. The van der Waals surface area contributed by atoms with E-state index in [0.29, 0.717) is 17.4 Å². The molecule has 0 saturated heterocycles. The molecular weight excluding hydrogens is 422 g/mol. The van der Waals surface area contributed by atoms with Gasteiger partial charge < -0.3 is 10.5 Å². The highest BCUT2D eigenvalue weighted by Crippen LogP contribution is 2.32. The molecule has 0 aliphatic rings. The topological polar surface area (TPSA) is 78.9 Å². The Morgan fingerprint density at radius 1 is 0.882 bits per heavy atom. The van der Waals surface area contributed by atoms with Crippen LogP contribution in [-0.2, 0) is 4.74 Å². The molecule has 0 saturated carbocycles. The van der Waals surface area contributed by atoms with E-state index in [0.717, 1.165) is 39.2 Å². The molecular formula is C28H27N5O. The van der Waals surface area contributed by atoms with Gasteiger partial charge in [0.1, 0.15) is 17.1 Å². The summed E-state index contributed by atoms with van der Waals surface area (Å²) in [6.07, 6.45) is 1.67. The van der Waals surface area contributed by atoms with Crippen LogP contribution in [0.15, 0.2) is 91.6 Å². The number of hydrogen-bond acceptors (Lipinski definition) is 5. The number of methoxy groups -OCH3 is 1. The largest absolute Gasteiger partial charge is 0.497 e. The van der Waals surface area contributed by atoms with E-state index < -0.39 is 0 Å². The van der Waals surface area contributed by atoms with E-state index in [1.807, 2.05) is 97.3 Å². The summed E-state index contributed by atoms with van der Waals surface area (Å²) in [7, 11) is 1.61. The molecule has 170 valence electrons. The summed E-state index contributed by atoms with van der Waals surface area (Å²) in [5.41, 5.74) is 12.2. The fraction of sp³-hybridized carbons (Fsp3) is 0.107. The van der Waals surface area contributed by atoms with Crippen LogP contribution in [0.4, 0.5) is 5.82 Å². The van der Waals surface area contributed by atoms with Crippen LogP contribution in [0, 0.1) is 0 Å². The number of fused-ring (bicyclic) bond motifs is 1. The zero-order valence-corrected chi connectivity index (χ0v) is 19.6. The molecule has 0 fully saturated rings. The smallest absolute Gasteiger partial charge is 0.165 e. The summed E-state index contributed by atoms with van der Waals surface area (Å²) in [6.45, 7) is 7.93. The van der Waals surface area contributed by atoms with E-state index in [9.17, 15) is 0 Å². The van der Waals surface area contributed by atoms with Crippen molar-refractivity contribution in [3.63, 3.8) is 0 Å². The number of hydrogen-bond donors (Lipinski definition) is 1. The number of pyridine rings is 2.